The maximum Gasteiger partial charge on any atom is 0.224 e. The summed E-state index contributed by atoms with van der Waals surface area (Å²) in [7, 11) is 0. The number of benzene rings is 1. The fraction of sp³-hybridized carbons (Fsp3) is 0.444. The molecule has 1 heterocycles. The van der Waals surface area contributed by atoms with E-state index in [9.17, 15) is 4.79 Å². The Morgan fingerprint density at radius 1 is 1.38 bits per heavy atom. The van der Waals surface area contributed by atoms with Gasteiger partial charge in [-0.15, -0.1) is 0 Å². The Labute approximate surface area is 156 Å². The molecule has 0 spiro atoms. The summed E-state index contributed by atoms with van der Waals surface area (Å²) in [4.78, 5) is 12.3. The molecule has 0 aliphatic rings. The first kappa shape index (κ1) is 19.0. The van der Waals surface area contributed by atoms with Crippen LogP contribution in [-0.4, -0.2) is 15.7 Å². The van der Waals surface area contributed by atoms with Crippen LogP contribution in [0.3, 0.4) is 0 Å². The molecule has 130 valence electrons. The van der Waals surface area contributed by atoms with Crippen LogP contribution in [0.2, 0.25) is 5.02 Å². The third-order valence-corrected chi connectivity index (χ3v) is 4.74. The lowest BCUT2D eigenvalue weighted by Gasteiger charge is -2.09. The monoisotopic (exact) mass is 411 g/mol. The van der Waals surface area contributed by atoms with Crippen LogP contribution in [0.25, 0.3) is 0 Å². The number of amides is 1. The Bertz CT molecular complexity index is 740. The molecule has 6 heteroatoms. The summed E-state index contributed by atoms with van der Waals surface area (Å²) in [5, 5.41) is 8.13. The van der Waals surface area contributed by atoms with Crippen molar-refractivity contribution < 1.29 is 4.79 Å². The SMILES string of the molecule is Cc1nn(CC(C)C)c(C)c1CC(=O)NCc1ccc(Br)cc1Cl. The molecule has 0 radical (unpaired) electrons. The molecule has 2 rings (SSSR count). The number of rotatable bonds is 6. The Balaban J connectivity index is 2.01. The minimum Gasteiger partial charge on any atom is -0.352 e. The molecule has 0 unspecified atom stereocenters. The molecule has 0 atom stereocenters. The van der Waals surface area contributed by atoms with Gasteiger partial charge in [-0.1, -0.05) is 47.4 Å². The minimum atomic E-state index is -0.0238. The topological polar surface area (TPSA) is 46.9 Å². The molecule has 0 bridgehead atoms. The molecule has 1 aromatic heterocycles. The molecular formula is C18H23BrClN3O. The molecule has 0 aliphatic heterocycles. The highest BCUT2D eigenvalue weighted by Gasteiger charge is 2.15. The van der Waals surface area contributed by atoms with Crippen molar-refractivity contribution in [2.75, 3.05) is 0 Å². The highest BCUT2D eigenvalue weighted by Crippen LogP contribution is 2.21. The number of aryl methyl sites for hydroxylation is 1. The van der Waals surface area contributed by atoms with Crippen molar-refractivity contribution in [1.29, 1.82) is 0 Å². The molecule has 2 aromatic rings. The van der Waals surface area contributed by atoms with Crippen molar-refractivity contribution in [2.45, 2.75) is 47.2 Å². The molecule has 1 aromatic carbocycles. The molecule has 24 heavy (non-hydrogen) atoms. The summed E-state index contributed by atoms with van der Waals surface area (Å²) < 4.78 is 2.92. The third kappa shape index (κ3) is 4.84. The van der Waals surface area contributed by atoms with Gasteiger partial charge in [0.05, 0.1) is 12.1 Å². The van der Waals surface area contributed by atoms with Gasteiger partial charge in [-0.25, -0.2) is 0 Å². The number of nitrogens with zero attached hydrogens (tertiary/aromatic N) is 2. The fourth-order valence-corrected chi connectivity index (χ4v) is 3.34. The highest BCUT2D eigenvalue weighted by molar-refractivity contribution is 9.10. The smallest absolute Gasteiger partial charge is 0.224 e. The first-order valence-electron chi connectivity index (χ1n) is 8.01. The third-order valence-electron chi connectivity index (χ3n) is 3.90. The number of aromatic nitrogens is 2. The maximum atomic E-state index is 12.3. The Kier molecular flexibility index (Phi) is 6.47. The van der Waals surface area contributed by atoms with Crippen LogP contribution >= 0.6 is 27.5 Å². The summed E-state index contributed by atoms with van der Waals surface area (Å²) in [6, 6.07) is 5.65. The van der Waals surface area contributed by atoms with Gasteiger partial charge in [0, 0.05) is 33.8 Å². The van der Waals surface area contributed by atoms with E-state index in [1.54, 1.807) is 0 Å². The van der Waals surface area contributed by atoms with E-state index < -0.39 is 0 Å². The molecule has 0 saturated carbocycles. The first-order valence-corrected chi connectivity index (χ1v) is 9.18. The van der Waals surface area contributed by atoms with Gasteiger partial charge in [-0.05, 0) is 37.5 Å². The predicted molar refractivity (Wildman–Crippen MR) is 101 cm³/mol. The highest BCUT2D eigenvalue weighted by atomic mass is 79.9. The number of nitrogens with one attached hydrogen (secondary N) is 1. The van der Waals surface area contributed by atoms with Gasteiger partial charge in [0.15, 0.2) is 0 Å². The average Bonchev–Trinajstić information content (AvgIpc) is 2.73. The van der Waals surface area contributed by atoms with Gasteiger partial charge in [-0.2, -0.15) is 5.10 Å². The molecule has 1 N–H and O–H groups in total. The lowest BCUT2D eigenvalue weighted by molar-refractivity contribution is -0.120. The largest absolute Gasteiger partial charge is 0.352 e. The minimum absolute atomic E-state index is 0.0238. The maximum absolute atomic E-state index is 12.3. The van der Waals surface area contributed by atoms with Crippen LogP contribution in [0.15, 0.2) is 22.7 Å². The Morgan fingerprint density at radius 2 is 2.08 bits per heavy atom. The first-order chi connectivity index (χ1) is 11.3. The molecule has 0 aliphatic carbocycles. The quantitative estimate of drug-likeness (QED) is 0.763. The van der Waals surface area contributed by atoms with Crippen LogP contribution in [0.1, 0.15) is 36.4 Å². The molecule has 0 fully saturated rings. The second-order valence-corrected chi connectivity index (χ2v) is 7.74. The van der Waals surface area contributed by atoms with Crippen LogP contribution in [0.5, 0.6) is 0 Å². The van der Waals surface area contributed by atoms with Crippen molar-refractivity contribution in [3.05, 3.63) is 50.2 Å². The number of hydrogen-bond acceptors (Lipinski definition) is 2. The van der Waals surface area contributed by atoms with Crippen molar-refractivity contribution in [1.82, 2.24) is 15.1 Å². The van der Waals surface area contributed by atoms with Crippen LogP contribution in [0, 0.1) is 19.8 Å². The number of carbonyl (C=O) groups is 1. The van der Waals surface area contributed by atoms with E-state index in [1.165, 1.54) is 0 Å². The molecular weight excluding hydrogens is 390 g/mol. The van der Waals surface area contributed by atoms with E-state index in [2.05, 4.69) is 40.2 Å². The summed E-state index contributed by atoms with van der Waals surface area (Å²) in [6.45, 7) is 9.58. The van der Waals surface area contributed by atoms with Gasteiger partial charge in [0.2, 0.25) is 5.91 Å². The van der Waals surface area contributed by atoms with Gasteiger partial charge in [0.25, 0.3) is 0 Å². The van der Waals surface area contributed by atoms with Gasteiger partial charge in [0.1, 0.15) is 0 Å². The lowest BCUT2D eigenvalue weighted by Crippen LogP contribution is -2.25. The van der Waals surface area contributed by atoms with Gasteiger partial charge >= 0.3 is 0 Å². The summed E-state index contributed by atoms with van der Waals surface area (Å²) in [5.41, 5.74) is 3.90. The average molecular weight is 413 g/mol. The van der Waals surface area contributed by atoms with Crippen LogP contribution < -0.4 is 5.32 Å². The van der Waals surface area contributed by atoms with Crippen molar-refractivity contribution in [3.63, 3.8) is 0 Å². The van der Waals surface area contributed by atoms with E-state index in [1.807, 2.05) is 36.7 Å². The fourth-order valence-electron chi connectivity index (χ4n) is 2.60. The summed E-state index contributed by atoms with van der Waals surface area (Å²) in [5.74, 6) is 0.494. The summed E-state index contributed by atoms with van der Waals surface area (Å²) >= 11 is 9.56. The molecule has 4 nitrogen and oxygen atoms in total. The standard InChI is InChI=1S/C18H23BrClN3O/c1-11(2)10-23-13(4)16(12(3)22-23)8-18(24)21-9-14-5-6-15(19)7-17(14)20/h5-7,11H,8-10H2,1-4H3,(H,21,24). The Hall–Kier alpha value is -1.33. The van der Waals surface area contributed by atoms with Crippen molar-refractivity contribution in [2.24, 2.45) is 5.92 Å². The second kappa shape index (κ2) is 8.17. The van der Waals surface area contributed by atoms with Crippen LogP contribution in [-0.2, 0) is 24.3 Å². The number of halogens is 2. The van der Waals surface area contributed by atoms with E-state index in [0.717, 1.165) is 33.5 Å². The predicted octanol–water partition coefficient (Wildman–Crippen LogP) is 4.43. The van der Waals surface area contributed by atoms with E-state index in [-0.39, 0.29) is 5.91 Å². The van der Waals surface area contributed by atoms with Gasteiger partial charge < -0.3 is 5.32 Å². The molecule has 0 saturated heterocycles. The zero-order valence-electron chi connectivity index (χ0n) is 14.5. The van der Waals surface area contributed by atoms with E-state index >= 15 is 0 Å². The number of carbonyl (C=O) groups excluding carboxylic acids is 1. The zero-order chi connectivity index (χ0) is 17.9. The molecule has 1 amide bonds. The lowest BCUT2D eigenvalue weighted by atomic mass is 10.1. The van der Waals surface area contributed by atoms with Crippen molar-refractivity contribution in [3.8, 4) is 0 Å². The number of hydrogen-bond donors (Lipinski definition) is 1. The van der Waals surface area contributed by atoms with Crippen molar-refractivity contribution >= 4 is 33.4 Å². The summed E-state index contributed by atoms with van der Waals surface area (Å²) in [6.07, 6.45) is 0.337. The zero-order valence-corrected chi connectivity index (χ0v) is 16.8. The second-order valence-electron chi connectivity index (χ2n) is 6.41. The normalized spacial score (nSPS) is 11.1. The Morgan fingerprint density at radius 3 is 2.71 bits per heavy atom. The van der Waals surface area contributed by atoms with E-state index in [4.69, 9.17) is 11.6 Å². The van der Waals surface area contributed by atoms with Gasteiger partial charge in [-0.3, -0.25) is 9.48 Å². The van der Waals surface area contributed by atoms with Crippen LogP contribution in [0.4, 0.5) is 0 Å². The van der Waals surface area contributed by atoms with E-state index in [0.29, 0.717) is 23.9 Å².